The highest BCUT2D eigenvalue weighted by molar-refractivity contribution is 7.99. The second kappa shape index (κ2) is 10.7. The summed E-state index contributed by atoms with van der Waals surface area (Å²) in [7, 11) is 0. The average molecular weight is 548 g/mol. The largest absolute Gasteiger partial charge is 0.360 e. The van der Waals surface area contributed by atoms with Gasteiger partial charge in [-0.15, -0.1) is 10.2 Å². The number of nitro benzene ring substituents is 1. The summed E-state index contributed by atoms with van der Waals surface area (Å²) in [6.45, 7) is 0. The van der Waals surface area contributed by atoms with Crippen LogP contribution in [0, 0.1) is 10.1 Å². The maximum Gasteiger partial charge on any atom is 0.269 e. The van der Waals surface area contributed by atoms with Crippen LogP contribution in [0.2, 0.25) is 5.02 Å². The molecule has 0 spiro atoms. The van der Waals surface area contributed by atoms with Crippen LogP contribution in [0.25, 0.3) is 28.0 Å². The monoisotopic (exact) mass is 547 g/mol. The molecule has 3 aromatic carbocycles. The highest BCUT2D eigenvalue weighted by Gasteiger charge is 2.20. The van der Waals surface area contributed by atoms with E-state index in [2.05, 4.69) is 26.0 Å². The van der Waals surface area contributed by atoms with Crippen molar-refractivity contribution in [2.45, 2.75) is 5.16 Å². The quantitative estimate of drug-likeness (QED) is 0.154. The van der Waals surface area contributed by atoms with Crippen LogP contribution in [0.1, 0.15) is 10.4 Å². The Kier molecular flexibility index (Phi) is 7.07. The Bertz CT molecular complexity index is 1650. The van der Waals surface area contributed by atoms with E-state index in [9.17, 15) is 19.7 Å². The third-order valence-corrected chi connectivity index (χ3v) is 6.72. The molecule has 38 heavy (non-hydrogen) atoms. The fraction of sp³-hybridized carbons (Fsp3) is 0.0400. The van der Waals surface area contributed by atoms with E-state index in [-0.39, 0.29) is 17.0 Å². The van der Waals surface area contributed by atoms with Gasteiger partial charge in [-0.05, 0) is 42.5 Å². The van der Waals surface area contributed by atoms with Gasteiger partial charge in [-0.1, -0.05) is 41.6 Å². The van der Waals surface area contributed by atoms with E-state index in [1.54, 1.807) is 12.1 Å². The van der Waals surface area contributed by atoms with Crippen molar-refractivity contribution in [3.05, 3.63) is 99.7 Å². The summed E-state index contributed by atoms with van der Waals surface area (Å²) in [5, 5.41) is 21.5. The highest BCUT2D eigenvalue weighted by Crippen LogP contribution is 2.32. The molecule has 0 aliphatic carbocycles. The molecule has 3 N–H and O–H groups in total. The molecule has 0 atom stereocenters. The van der Waals surface area contributed by atoms with Crippen molar-refractivity contribution in [1.82, 2.24) is 30.6 Å². The normalized spacial score (nSPS) is 10.9. The number of nitrogens with zero attached hydrogens (tertiary/aromatic N) is 4. The number of aromatic amines is 1. The van der Waals surface area contributed by atoms with E-state index in [1.807, 2.05) is 47.2 Å². The van der Waals surface area contributed by atoms with Gasteiger partial charge in [0, 0.05) is 51.1 Å². The Hall–Kier alpha value is -4.68. The summed E-state index contributed by atoms with van der Waals surface area (Å²) >= 11 is 7.23. The standard InChI is InChI=1S/C25H18ClN7O4S/c26-16-7-11-17(12-8-16)32-23(20-13-27-21-4-2-1-3-19(20)21)29-31-25(32)38-14-22(34)28-30-24(35)15-5-9-18(10-6-15)33(36)37/h1-13,27H,14H2,(H,28,34)(H,30,35). The molecule has 5 rings (SSSR count). The Morgan fingerprint density at radius 1 is 1.00 bits per heavy atom. The van der Waals surface area contributed by atoms with Gasteiger partial charge in [-0.2, -0.15) is 0 Å². The number of hydrogen-bond acceptors (Lipinski definition) is 7. The SMILES string of the molecule is O=C(CSc1nnc(-c2c[nH]c3ccccc23)n1-c1ccc(Cl)cc1)NNC(=O)c1ccc([N+](=O)[O-])cc1. The number of benzene rings is 3. The molecule has 0 saturated heterocycles. The molecule has 0 aliphatic heterocycles. The highest BCUT2D eigenvalue weighted by atomic mass is 35.5. The van der Waals surface area contributed by atoms with E-state index in [0.717, 1.165) is 33.9 Å². The number of amides is 2. The molecule has 0 saturated carbocycles. The number of thioether (sulfide) groups is 1. The summed E-state index contributed by atoms with van der Waals surface area (Å²) in [5.74, 6) is -0.576. The van der Waals surface area contributed by atoms with Crippen molar-refractivity contribution in [1.29, 1.82) is 0 Å². The van der Waals surface area contributed by atoms with Crippen LogP contribution in [-0.2, 0) is 4.79 Å². The van der Waals surface area contributed by atoms with Crippen LogP contribution >= 0.6 is 23.4 Å². The van der Waals surface area contributed by atoms with Crippen molar-refractivity contribution in [2.24, 2.45) is 0 Å². The van der Waals surface area contributed by atoms with Gasteiger partial charge in [0.25, 0.3) is 11.6 Å². The molecule has 0 unspecified atom stereocenters. The lowest BCUT2D eigenvalue weighted by atomic mass is 10.1. The third-order valence-electron chi connectivity index (χ3n) is 5.54. The third kappa shape index (κ3) is 5.21. The minimum Gasteiger partial charge on any atom is -0.360 e. The molecule has 5 aromatic rings. The number of nitrogens with one attached hydrogen (secondary N) is 3. The second-order valence-electron chi connectivity index (χ2n) is 7.96. The van der Waals surface area contributed by atoms with Crippen LogP contribution < -0.4 is 10.9 Å². The Labute approximate surface area is 224 Å². The summed E-state index contributed by atoms with van der Waals surface area (Å²) in [4.78, 5) is 38.2. The molecule has 0 aliphatic rings. The Morgan fingerprint density at radius 3 is 2.47 bits per heavy atom. The van der Waals surface area contributed by atoms with Crippen molar-refractivity contribution in [3.8, 4) is 17.1 Å². The number of nitro groups is 1. The lowest BCUT2D eigenvalue weighted by Gasteiger charge is -2.11. The lowest BCUT2D eigenvalue weighted by molar-refractivity contribution is -0.384. The number of carbonyl (C=O) groups is 2. The maximum atomic E-state index is 12.5. The van der Waals surface area contributed by atoms with Crippen LogP contribution in [0.4, 0.5) is 5.69 Å². The van der Waals surface area contributed by atoms with E-state index in [0.29, 0.717) is 16.0 Å². The zero-order valence-corrected chi connectivity index (χ0v) is 21.0. The first-order valence-electron chi connectivity index (χ1n) is 11.1. The second-order valence-corrected chi connectivity index (χ2v) is 9.34. The summed E-state index contributed by atoms with van der Waals surface area (Å²) < 4.78 is 1.83. The van der Waals surface area contributed by atoms with E-state index < -0.39 is 16.7 Å². The van der Waals surface area contributed by atoms with Crippen LogP contribution in [0.3, 0.4) is 0 Å². The predicted octanol–water partition coefficient (Wildman–Crippen LogP) is 4.53. The minimum absolute atomic E-state index is 0.0693. The van der Waals surface area contributed by atoms with Crippen LogP contribution in [0.5, 0.6) is 0 Å². The first-order chi connectivity index (χ1) is 18.4. The number of hydrazine groups is 1. The minimum atomic E-state index is -0.607. The molecule has 11 nitrogen and oxygen atoms in total. The number of rotatable bonds is 7. The molecule has 0 radical (unpaired) electrons. The first kappa shape index (κ1) is 25.0. The topological polar surface area (TPSA) is 148 Å². The zero-order chi connectivity index (χ0) is 26.6. The van der Waals surface area contributed by atoms with Crippen LogP contribution in [0.15, 0.2) is 84.1 Å². The molecule has 0 fully saturated rings. The van der Waals surface area contributed by atoms with Crippen LogP contribution in [-0.4, -0.2) is 42.2 Å². The summed E-state index contributed by atoms with van der Waals surface area (Å²) in [6, 6.07) is 20.0. The molecular weight excluding hydrogens is 530 g/mol. The lowest BCUT2D eigenvalue weighted by Crippen LogP contribution is -2.42. The Balaban J connectivity index is 1.32. The number of aromatic nitrogens is 4. The van der Waals surface area contributed by atoms with Gasteiger partial charge in [0.05, 0.1) is 10.7 Å². The van der Waals surface area contributed by atoms with Crippen molar-refractivity contribution >= 4 is 51.8 Å². The molecule has 2 amide bonds. The van der Waals surface area contributed by atoms with Gasteiger partial charge in [-0.25, -0.2) is 0 Å². The molecule has 2 heterocycles. The van der Waals surface area contributed by atoms with Crippen molar-refractivity contribution < 1.29 is 14.5 Å². The van der Waals surface area contributed by atoms with E-state index in [4.69, 9.17) is 11.6 Å². The Morgan fingerprint density at radius 2 is 1.74 bits per heavy atom. The predicted molar refractivity (Wildman–Crippen MR) is 143 cm³/mol. The zero-order valence-electron chi connectivity index (χ0n) is 19.4. The van der Waals surface area contributed by atoms with E-state index >= 15 is 0 Å². The molecule has 2 aromatic heterocycles. The van der Waals surface area contributed by atoms with Gasteiger partial charge < -0.3 is 4.98 Å². The molecule has 0 bridgehead atoms. The fourth-order valence-electron chi connectivity index (χ4n) is 3.72. The molecule has 190 valence electrons. The van der Waals surface area contributed by atoms with Crippen molar-refractivity contribution in [2.75, 3.05) is 5.75 Å². The van der Waals surface area contributed by atoms with E-state index in [1.165, 1.54) is 24.3 Å². The number of fused-ring (bicyclic) bond motifs is 1. The van der Waals surface area contributed by atoms with Gasteiger partial charge in [0.2, 0.25) is 5.91 Å². The summed E-state index contributed by atoms with van der Waals surface area (Å²) in [6.07, 6.45) is 1.86. The van der Waals surface area contributed by atoms with Gasteiger partial charge in [0.15, 0.2) is 11.0 Å². The molecular formula is C25H18ClN7O4S. The average Bonchev–Trinajstić information content (AvgIpc) is 3.55. The summed E-state index contributed by atoms with van der Waals surface area (Å²) in [5.41, 5.74) is 7.21. The fourth-order valence-corrected chi connectivity index (χ4v) is 4.59. The number of para-hydroxylation sites is 1. The van der Waals surface area contributed by atoms with Gasteiger partial charge in [-0.3, -0.25) is 35.1 Å². The number of hydrogen-bond donors (Lipinski definition) is 3. The van der Waals surface area contributed by atoms with Gasteiger partial charge in [0.1, 0.15) is 0 Å². The van der Waals surface area contributed by atoms with Gasteiger partial charge >= 0.3 is 0 Å². The number of H-pyrrole nitrogens is 1. The molecule has 13 heteroatoms. The maximum absolute atomic E-state index is 12.5. The first-order valence-corrected chi connectivity index (χ1v) is 12.5. The van der Waals surface area contributed by atoms with Crippen molar-refractivity contribution in [3.63, 3.8) is 0 Å². The number of non-ortho nitro benzene ring substituents is 1. The number of halogens is 1. The smallest absolute Gasteiger partial charge is 0.269 e. The number of carbonyl (C=O) groups excluding carboxylic acids is 2.